The molecular formula is C18H26N6O2. The molecule has 0 spiro atoms. The average molecular weight is 358 g/mol. The topological polar surface area (TPSA) is 105 Å². The van der Waals surface area contributed by atoms with E-state index in [2.05, 4.69) is 44.0 Å². The molecule has 0 radical (unpaired) electrons. The number of hydrogen-bond donors (Lipinski definition) is 3. The monoisotopic (exact) mass is 358 g/mol. The third kappa shape index (κ3) is 4.12. The Kier molecular flexibility index (Phi) is 5.39. The molecule has 0 unspecified atom stereocenters. The van der Waals surface area contributed by atoms with E-state index in [1.54, 1.807) is 6.20 Å². The van der Waals surface area contributed by atoms with Crippen molar-refractivity contribution in [1.82, 2.24) is 24.8 Å². The van der Waals surface area contributed by atoms with Crippen molar-refractivity contribution in [2.45, 2.75) is 64.6 Å². The fourth-order valence-corrected chi connectivity index (χ4v) is 3.60. The van der Waals surface area contributed by atoms with Crippen molar-refractivity contribution in [3.05, 3.63) is 24.3 Å². The number of nitrogens with one attached hydrogen (secondary N) is 2. The molecule has 3 N–H and O–H groups in total. The summed E-state index contributed by atoms with van der Waals surface area (Å²) in [6, 6.07) is 2.50. The highest BCUT2D eigenvalue weighted by molar-refractivity contribution is 5.64. The number of carboxylic acid groups (broad SMARTS) is 1. The van der Waals surface area contributed by atoms with Crippen LogP contribution in [0.2, 0.25) is 0 Å². The molecule has 26 heavy (non-hydrogen) atoms. The number of imidazole rings is 1. The zero-order valence-electron chi connectivity index (χ0n) is 15.4. The van der Waals surface area contributed by atoms with Gasteiger partial charge in [0.2, 0.25) is 5.95 Å². The smallest absolute Gasteiger partial charge is 0.404 e. The molecule has 1 saturated carbocycles. The van der Waals surface area contributed by atoms with Gasteiger partial charge in [0, 0.05) is 24.3 Å². The third-order valence-corrected chi connectivity index (χ3v) is 4.80. The molecule has 0 bridgehead atoms. The lowest BCUT2D eigenvalue weighted by molar-refractivity contribution is 0.185. The van der Waals surface area contributed by atoms with Crippen LogP contribution in [-0.4, -0.2) is 42.8 Å². The summed E-state index contributed by atoms with van der Waals surface area (Å²) < 4.78 is 2.16. The van der Waals surface area contributed by atoms with E-state index in [9.17, 15) is 4.79 Å². The molecule has 1 amide bonds. The van der Waals surface area contributed by atoms with Gasteiger partial charge in [0.25, 0.3) is 0 Å². The van der Waals surface area contributed by atoms with E-state index in [1.165, 1.54) is 0 Å². The van der Waals surface area contributed by atoms with Crippen LogP contribution in [0.25, 0.3) is 11.4 Å². The van der Waals surface area contributed by atoms with E-state index in [-0.39, 0.29) is 12.1 Å². The van der Waals surface area contributed by atoms with Gasteiger partial charge in [-0.2, -0.15) is 0 Å². The van der Waals surface area contributed by atoms with Crippen molar-refractivity contribution in [2.75, 3.05) is 5.32 Å². The summed E-state index contributed by atoms with van der Waals surface area (Å²) in [6.07, 6.45) is 6.09. The molecule has 2 aromatic heterocycles. The Morgan fingerprint density at radius 2 is 1.92 bits per heavy atom. The Bertz CT molecular complexity index is 765. The van der Waals surface area contributed by atoms with E-state index < -0.39 is 6.09 Å². The summed E-state index contributed by atoms with van der Waals surface area (Å²) in [5, 5.41) is 14.8. The molecule has 8 nitrogen and oxygen atoms in total. The number of rotatable bonds is 5. The van der Waals surface area contributed by atoms with Crippen LogP contribution < -0.4 is 10.6 Å². The molecule has 1 aliphatic rings. The van der Waals surface area contributed by atoms with Gasteiger partial charge in [-0.1, -0.05) is 0 Å². The number of hydrogen-bond acceptors (Lipinski definition) is 5. The number of anilines is 1. The number of aromatic nitrogens is 4. The lowest BCUT2D eigenvalue weighted by Gasteiger charge is -2.28. The normalized spacial score (nSPS) is 20.2. The van der Waals surface area contributed by atoms with Gasteiger partial charge < -0.3 is 20.3 Å². The maximum Gasteiger partial charge on any atom is 0.404 e. The number of nitrogens with zero attached hydrogens (tertiary/aromatic N) is 4. The molecular weight excluding hydrogens is 332 g/mol. The molecule has 0 aliphatic heterocycles. The van der Waals surface area contributed by atoms with Crippen LogP contribution in [0, 0.1) is 6.92 Å². The van der Waals surface area contributed by atoms with Gasteiger partial charge in [0.1, 0.15) is 5.82 Å². The van der Waals surface area contributed by atoms with Crippen LogP contribution in [0.5, 0.6) is 0 Å². The van der Waals surface area contributed by atoms with Gasteiger partial charge in [-0.05, 0) is 52.5 Å². The van der Waals surface area contributed by atoms with Crippen LogP contribution >= 0.6 is 0 Å². The highest BCUT2D eigenvalue weighted by atomic mass is 16.4. The zero-order valence-corrected chi connectivity index (χ0v) is 15.4. The predicted octanol–water partition coefficient (Wildman–Crippen LogP) is 3.22. The summed E-state index contributed by atoms with van der Waals surface area (Å²) in [6.45, 7) is 6.25. The van der Waals surface area contributed by atoms with Crippen LogP contribution in [0.4, 0.5) is 10.7 Å². The Balaban J connectivity index is 1.68. The van der Waals surface area contributed by atoms with Crippen molar-refractivity contribution in [1.29, 1.82) is 0 Å². The lowest BCUT2D eigenvalue weighted by atomic mass is 9.91. The van der Waals surface area contributed by atoms with Crippen molar-refractivity contribution in [2.24, 2.45) is 0 Å². The first kappa shape index (κ1) is 18.2. The first-order chi connectivity index (χ1) is 12.4. The van der Waals surface area contributed by atoms with Gasteiger partial charge in [-0.15, -0.1) is 0 Å². The van der Waals surface area contributed by atoms with Crippen molar-refractivity contribution in [3.63, 3.8) is 0 Å². The first-order valence-corrected chi connectivity index (χ1v) is 9.07. The summed E-state index contributed by atoms with van der Waals surface area (Å²) >= 11 is 0. The molecule has 140 valence electrons. The second kappa shape index (κ2) is 7.72. The quantitative estimate of drug-likeness (QED) is 0.758. The standard InChI is InChI=1S/C18H26N6O2/c1-11(2)24-12(3)20-10-16(24)15-8-9-19-17(23-15)21-13-4-6-14(7-5-13)22-18(25)26/h8-11,13-14,22H,4-7H2,1-3H3,(H,25,26)(H,19,21,23)/t13-,14-. The molecule has 2 aromatic rings. The van der Waals surface area contributed by atoms with E-state index >= 15 is 0 Å². The van der Waals surface area contributed by atoms with Gasteiger partial charge in [-0.3, -0.25) is 0 Å². The number of carbonyl (C=O) groups is 1. The molecule has 2 heterocycles. The van der Waals surface area contributed by atoms with Gasteiger partial charge >= 0.3 is 6.09 Å². The lowest BCUT2D eigenvalue weighted by Crippen LogP contribution is -2.39. The van der Waals surface area contributed by atoms with Gasteiger partial charge in [0.05, 0.1) is 17.6 Å². The number of aryl methyl sites for hydroxylation is 1. The third-order valence-electron chi connectivity index (χ3n) is 4.80. The SMILES string of the molecule is Cc1ncc(-c2ccnc(N[C@H]3CC[C@H](NC(=O)O)CC3)n2)n1C(C)C. The van der Waals surface area contributed by atoms with E-state index in [0.717, 1.165) is 42.9 Å². The second-order valence-electron chi connectivity index (χ2n) is 7.06. The van der Waals surface area contributed by atoms with Crippen LogP contribution in [-0.2, 0) is 0 Å². The molecule has 8 heteroatoms. The van der Waals surface area contributed by atoms with Crippen molar-refractivity contribution < 1.29 is 9.90 Å². The maximum absolute atomic E-state index is 10.7. The Hall–Kier alpha value is -2.64. The summed E-state index contributed by atoms with van der Waals surface area (Å²) in [5.74, 6) is 1.57. The highest BCUT2D eigenvalue weighted by Crippen LogP contribution is 2.25. The summed E-state index contributed by atoms with van der Waals surface area (Å²) in [7, 11) is 0. The minimum absolute atomic E-state index is 0.0428. The van der Waals surface area contributed by atoms with E-state index in [1.807, 2.05) is 19.2 Å². The Morgan fingerprint density at radius 1 is 1.23 bits per heavy atom. The minimum Gasteiger partial charge on any atom is -0.465 e. The van der Waals surface area contributed by atoms with Crippen LogP contribution in [0.1, 0.15) is 51.4 Å². The first-order valence-electron chi connectivity index (χ1n) is 9.07. The summed E-state index contributed by atoms with van der Waals surface area (Å²) in [4.78, 5) is 24.2. The fourth-order valence-electron chi connectivity index (χ4n) is 3.60. The Labute approximate surface area is 153 Å². The molecule has 0 atom stereocenters. The van der Waals surface area contributed by atoms with E-state index in [0.29, 0.717) is 12.0 Å². The molecule has 3 rings (SSSR count). The molecule has 0 aromatic carbocycles. The van der Waals surface area contributed by atoms with Gasteiger partial charge in [0.15, 0.2) is 0 Å². The maximum atomic E-state index is 10.7. The largest absolute Gasteiger partial charge is 0.465 e. The van der Waals surface area contributed by atoms with Crippen molar-refractivity contribution in [3.8, 4) is 11.4 Å². The van der Waals surface area contributed by atoms with Crippen LogP contribution in [0.15, 0.2) is 18.5 Å². The zero-order chi connectivity index (χ0) is 18.7. The minimum atomic E-state index is -0.950. The van der Waals surface area contributed by atoms with E-state index in [4.69, 9.17) is 5.11 Å². The second-order valence-corrected chi connectivity index (χ2v) is 7.06. The average Bonchev–Trinajstić information content (AvgIpc) is 2.98. The molecule has 1 aliphatic carbocycles. The molecule has 1 fully saturated rings. The summed E-state index contributed by atoms with van der Waals surface area (Å²) in [5.41, 5.74) is 1.83. The van der Waals surface area contributed by atoms with Crippen molar-refractivity contribution >= 4 is 12.0 Å². The fraction of sp³-hybridized carbons (Fsp3) is 0.556. The van der Waals surface area contributed by atoms with Gasteiger partial charge in [-0.25, -0.2) is 19.7 Å². The predicted molar refractivity (Wildman–Crippen MR) is 99.2 cm³/mol. The highest BCUT2D eigenvalue weighted by Gasteiger charge is 2.23. The Morgan fingerprint density at radius 3 is 2.58 bits per heavy atom. The molecule has 0 saturated heterocycles. The van der Waals surface area contributed by atoms with Crippen LogP contribution in [0.3, 0.4) is 0 Å². The number of amides is 1.